The fourth-order valence-corrected chi connectivity index (χ4v) is 2.64. The van der Waals surface area contributed by atoms with Gasteiger partial charge in [0.25, 0.3) is 0 Å². The number of allylic oxidation sites excluding steroid dienone is 2. The summed E-state index contributed by atoms with van der Waals surface area (Å²) >= 11 is 0. The van der Waals surface area contributed by atoms with Crippen LogP contribution in [0.5, 0.6) is 0 Å². The van der Waals surface area contributed by atoms with Crippen LogP contribution >= 0.6 is 0 Å². The van der Waals surface area contributed by atoms with Crippen molar-refractivity contribution in [2.75, 3.05) is 27.2 Å². The monoisotopic (exact) mass is 286 g/mol. The molecular weight excluding hydrogens is 260 g/mol. The Labute approximate surface area is 128 Å². The minimum Gasteiger partial charge on any atom is -0.337 e. The van der Waals surface area contributed by atoms with E-state index in [0.29, 0.717) is 18.9 Å². The Morgan fingerprint density at radius 1 is 1.19 bits per heavy atom. The molecule has 1 atom stereocenters. The second-order valence-corrected chi connectivity index (χ2v) is 6.07. The van der Waals surface area contributed by atoms with Crippen molar-refractivity contribution < 1.29 is 4.79 Å². The van der Waals surface area contributed by atoms with Crippen molar-refractivity contribution in [3.05, 3.63) is 48.0 Å². The number of hydrogen-bond acceptors (Lipinski definition) is 2. The molecule has 0 saturated carbocycles. The van der Waals surface area contributed by atoms with E-state index >= 15 is 0 Å². The molecule has 2 rings (SSSR count). The average molecular weight is 286 g/mol. The zero-order chi connectivity index (χ0) is 15.1. The van der Waals surface area contributed by atoms with E-state index in [1.54, 1.807) is 0 Å². The number of carbonyl (C=O) groups excluding carboxylic acids is 1. The Hall–Kier alpha value is -1.61. The Bertz CT molecular complexity index is 467. The van der Waals surface area contributed by atoms with Gasteiger partial charge in [0.05, 0.1) is 0 Å². The van der Waals surface area contributed by atoms with E-state index in [4.69, 9.17) is 0 Å². The highest BCUT2D eigenvalue weighted by Gasteiger charge is 2.19. The van der Waals surface area contributed by atoms with Crippen LogP contribution in [0.2, 0.25) is 0 Å². The molecule has 0 saturated heterocycles. The molecule has 0 heterocycles. The molecule has 0 radical (unpaired) electrons. The summed E-state index contributed by atoms with van der Waals surface area (Å²) in [6, 6.07) is 10.3. The largest absolute Gasteiger partial charge is 0.337 e. The summed E-state index contributed by atoms with van der Waals surface area (Å²) in [7, 11) is 4.09. The van der Waals surface area contributed by atoms with Gasteiger partial charge in [-0.15, -0.1) is 0 Å². The third-order valence-electron chi connectivity index (χ3n) is 3.94. The Morgan fingerprint density at radius 3 is 2.57 bits per heavy atom. The lowest BCUT2D eigenvalue weighted by molar-refractivity contribution is -0.132. The van der Waals surface area contributed by atoms with E-state index in [-0.39, 0.29) is 5.91 Å². The average Bonchev–Trinajstić information content (AvgIpc) is 2.97. The Kier molecular flexibility index (Phi) is 6.00. The zero-order valence-corrected chi connectivity index (χ0v) is 13.2. The summed E-state index contributed by atoms with van der Waals surface area (Å²) in [5, 5.41) is 0. The molecule has 0 spiro atoms. The molecule has 0 N–H and O–H groups in total. The summed E-state index contributed by atoms with van der Waals surface area (Å²) in [6.45, 7) is 2.40. The summed E-state index contributed by atoms with van der Waals surface area (Å²) < 4.78 is 0. The van der Waals surface area contributed by atoms with Gasteiger partial charge in [0, 0.05) is 26.1 Å². The van der Waals surface area contributed by atoms with Gasteiger partial charge in [0.15, 0.2) is 0 Å². The highest BCUT2D eigenvalue weighted by Crippen LogP contribution is 2.21. The van der Waals surface area contributed by atoms with Gasteiger partial charge < -0.3 is 9.80 Å². The van der Waals surface area contributed by atoms with Gasteiger partial charge in [-0.1, -0.05) is 42.5 Å². The molecule has 1 aromatic carbocycles. The molecule has 0 bridgehead atoms. The molecule has 1 aliphatic carbocycles. The van der Waals surface area contributed by atoms with Crippen LogP contribution in [0.4, 0.5) is 0 Å². The lowest BCUT2D eigenvalue weighted by Gasteiger charge is -2.25. The Balaban J connectivity index is 1.96. The van der Waals surface area contributed by atoms with Crippen molar-refractivity contribution in [2.45, 2.75) is 25.8 Å². The van der Waals surface area contributed by atoms with Gasteiger partial charge in [-0.05, 0) is 38.4 Å². The van der Waals surface area contributed by atoms with Crippen LogP contribution in [-0.2, 0) is 11.3 Å². The van der Waals surface area contributed by atoms with Crippen LogP contribution in [0.25, 0.3) is 0 Å². The van der Waals surface area contributed by atoms with Gasteiger partial charge in [0.1, 0.15) is 0 Å². The number of nitrogens with zero attached hydrogens (tertiary/aromatic N) is 2. The van der Waals surface area contributed by atoms with Crippen molar-refractivity contribution in [1.29, 1.82) is 0 Å². The standard InChI is InChI=1S/C18H26N2O/c1-19(2)12-13-20(15-17-10-4-3-5-11-17)18(21)14-16-8-6-7-9-16/h3-6,8,10-11,16H,7,9,12-15H2,1-2H3. The lowest BCUT2D eigenvalue weighted by atomic mass is 10.0. The minimum absolute atomic E-state index is 0.275. The van der Waals surface area contributed by atoms with E-state index in [9.17, 15) is 4.79 Å². The van der Waals surface area contributed by atoms with Crippen LogP contribution in [0.15, 0.2) is 42.5 Å². The number of hydrogen-bond donors (Lipinski definition) is 0. The van der Waals surface area contributed by atoms with Crippen LogP contribution in [0.1, 0.15) is 24.8 Å². The number of likely N-dealkylation sites (N-methyl/N-ethyl adjacent to an activating group) is 1. The highest BCUT2D eigenvalue weighted by atomic mass is 16.2. The maximum absolute atomic E-state index is 12.6. The zero-order valence-electron chi connectivity index (χ0n) is 13.2. The fourth-order valence-electron chi connectivity index (χ4n) is 2.64. The molecule has 0 fully saturated rings. The predicted octanol–water partition coefficient (Wildman–Crippen LogP) is 2.93. The Morgan fingerprint density at radius 2 is 1.95 bits per heavy atom. The van der Waals surface area contributed by atoms with Crippen LogP contribution < -0.4 is 0 Å². The first kappa shape index (κ1) is 15.8. The van der Waals surface area contributed by atoms with Crippen molar-refractivity contribution in [3.63, 3.8) is 0 Å². The smallest absolute Gasteiger partial charge is 0.223 e. The van der Waals surface area contributed by atoms with Crippen molar-refractivity contribution in [2.24, 2.45) is 5.92 Å². The van der Waals surface area contributed by atoms with E-state index in [1.807, 2.05) is 37.2 Å². The molecule has 1 unspecified atom stereocenters. The van der Waals surface area contributed by atoms with E-state index in [0.717, 1.165) is 25.9 Å². The molecule has 21 heavy (non-hydrogen) atoms. The number of benzene rings is 1. The van der Waals surface area contributed by atoms with Crippen LogP contribution in [-0.4, -0.2) is 42.9 Å². The molecule has 0 aromatic heterocycles. The van der Waals surface area contributed by atoms with Crippen molar-refractivity contribution >= 4 is 5.91 Å². The topological polar surface area (TPSA) is 23.6 Å². The first-order valence-corrected chi connectivity index (χ1v) is 7.78. The summed E-state index contributed by atoms with van der Waals surface area (Å²) in [6.07, 6.45) is 7.29. The van der Waals surface area contributed by atoms with Gasteiger partial charge in [0.2, 0.25) is 5.91 Å². The van der Waals surface area contributed by atoms with Gasteiger partial charge in [-0.3, -0.25) is 4.79 Å². The molecule has 3 heteroatoms. The first-order valence-electron chi connectivity index (χ1n) is 7.78. The van der Waals surface area contributed by atoms with Crippen LogP contribution in [0.3, 0.4) is 0 Å². The van der Waals surface area contributed by atoms with E-state index < -0.39 is 0 Å². The molecular formula is C18H26N2O. The lowest BCUT2D eigenvalue weighted by Crippen LogP contribution is -2.36. The molecule has 1 aromatic rings. The SMILES string of the molecule is CN(C)CCN(Cc1ccccc1)C(=O)CC1C=CCC1. The van der Waals surface area contributed by atoms with Crippen molar-refractivity contribution in [1.82, 2.24) is 9.80 Å². The minimum atomic E-state index is 0.275. The van der Waals surface area contributed by atoms with Gasteiger partial charge >= 0.3 is 0 Å². The van der Waals surface area contributed by atoms with Gasteiger partial charge in [-0.25, -0.2) is 0 Å². The maximum Gasteiger partial charge on any atom is 0.223 e. The third kappa shape index (κ3) is 5.35. The van der Waals surface area contributed by atoms with Crippen LogP contribution in [0, 0.1) is 5.92 Å². The molecule has 1 amide bonds. The van der Waals surface area contributed by atoms with Gasteiger partial charge in [-0.2, -0.15) is 0 Å². The van der Waals surface area contributed by atoms with E-state index in [1.165, 1.54) is 5.56 Å². The quantitative estimate of drug-likeness (QED) is 0.720. The molecule has 3 nitrogen and oxygen atoms in total. The predicted molar refractivity (Wildman–Crippen MR) is 86.9 cm³/mol. The molecule has 1 aliphatic rings. The second-order valence-electron chi connectivity index (χ2n) is 6.07. The summed E-state index contributed by atoms with van der Waals surface area (Å²) in [5.74, 6) is 0.715. The first-order chi connectivity index (χ1) is 10.1. The second kappa shape index (κ2) is 7.99. The summed E-state index contributed by atoms with van der Waals surface area (Å²) in [4.78, 5) is 16.7. The fraction of sp³-hybridized carbons (Fsp3) is 0.500. The van der Waals surface area contributed by atoms with E-state index in [2.05, 4.69) is 29.2 Å². The normalized spacial score (nSPS) is 17.4. The maximum atomic E-state index is 12.6. The number of carbonyl (C=O) groups is 1. The third-order valence-corrected chi connectivity index (χ3v) is 3.94. The number of rotatable bonds is 7. The highest BCUT2D eigenvalue weighted by molar-refractivity contribution is 5.76. The van der Waals surface area contributed by atoms with Crippen molar-refractivity contribution in [3.8, 4) is 0 Å². The molecule has 114 valence electrons. The summed E-state index contributed by atoms with van der Waals surface area (Å²) in [5.41, 5.74) is 1.20. The molecule has 0 aliphatic heterocycles. The number of amides is 1.